The number of hydrogen-bond acceptors (Lipinski definition) is 9. The van der Waals surface area contributed by atoms with Crippen LogP contribution in [0.15, 0.2) is 60.0 Å². The maximum Gasteiger partial charge on any atom is 0.499 e. The van der Waals surface area contributed by atoms with E-state index >= 15 is 0 Å². The molecule has 1 aliphatic rings. The number of halogens is 5. The molecule has 2 aromatic carbocycles. The molecule has 0 radical (unpaired) electrons. The van der Waals surface area contributed by atoms with Gasteiger partial charge in [-0.3, -0.25) is 0 Å². The Morgan fingerprint density at radius 3 is 2.09 bits per heavy atom. The van der Waals surface area contributed by atoms with E-state index in [1.54, 1.807) is 24.3 Å². The summed E-state index contributed by atoms with van der Waals surface area (Å²) in [6.07, 6.45) is -10.7. The molecule has 0 N–H and O–H groups in total. The molecule has 3 aromatic rings. The Morgan fingerprint density at radius 1 is 0.864 bits per heavy atom. The highest BCUT2D eigenvalue weighted by Gasteiger charge is 2.61. The van der Waals surface area contributed by atoms with Crippen molar-refractivity contribution in [2.75, 3.05) is 19.8 Å². The Labute approximate surface area is 250 Å². The Kier molecular flexibility index (Phi) is 10.9. The van der Waals surface area contributed by atoms with Crippen molar-refractivity contribution in [3.8, 4) is 22.8 Å². The van der Waals surface area contributed by atoms with E-state index < -0.39 is 36.5 Å². The van der Waals surface area contributed by atoms with Gasteiger partial charge in [0, 0.05) is 25.4 Å². The minimum atomic E-state index is -5.84. The van der Waals surface area contributed by atoms with Gasteiger partial charge in [-0.1, -0.05) is 29.4 Å². The molecule has 1 saturated heterocycles. The Balaban J connectivity index is 1.39. The second-order valence-electron chi connectivity index (χ2n) is 9.55. The van der Waals surface area contributed by atoms with E-state index in [1.807, 2.05) is 27.7 Å². The maximum atomic E-state index is 13.1. The van der Waals surface area contributed by atoms with E-state index in [9.17, 15) is 22.0 Å². The van der Waals surface area contributed by atoms with Crippen LogP contribution in [0.1, 0.15) is 33.3 Å². The first kappa shape index (κ1) is 33.2. The number of benzene rings is 2. The normalized spacial score (nSPS) is 22.8. The van der Waals surface area contributed by atoms with Crippen LogP contribution in [0.5, 0.6) is 5.75 Å². The fourth-order valence-electron chi connectivity index (χ4n) is 4.49. The van der Waals surface area contributed by atoms with Crippen molar-refractivity contribution in [1.29, 1.82) is 0 Å². The summed E-state index contributed by atoms with van der Waals surface area (Å²) in [4.78, 5) is 9.94. The third-order valence-electron chi connectivity index (χ3n) is 6.51. The highest BCUT2D eigenvalue weighted by atomic mass is 19.4. The molecule has 2 heterocycles. The molecule has 0 amide bonds. The Bertz CT molecular complexity index is 1350. The quantitative estimate of drug-likeness (QED) is 0.134. The van der Waals surface area contributed by atoms with Crippen LogP contribution >= 0.6 is 0 Å². The smallest absolute Gasteiger partial charge is 0.426 e. The van der Waals surface area contributed by atoms with Gasteiger partial charge in [0.2, 0.25) is 0 Å². The minimum Gasteiger partial charge on any atom is -0.426 e. The molecular formula is C29H33F5N4O6. The molecule has 4 rings (SSSR count). The molecule has 0 aliphatic carbocycles. The van der Waals surface area contributed by atoms with Crippen molar-refractivity contribution in [2.24, 2.45) is 5.16 Å². The summed E-state index contributed by atoms with van der Waals surface area (Å²) in [6, 6.07) is 11.6. The van der Waals surface area contributed by atoms with Gasteiger partial charge in [-0.05, 0) is 57.5 Å². The van der Waals surface area contributed by atoms with Crippen molar-refractivity contribution in [3.63, 3.8) is 0 Å². The first-order valence-electron chi connectivity index (χ1n) is 13.9. The summed E-state index contributed by atoms with van der Waals surface area (Å²) in [5, 5.41) is 8.45. The average molecular weight is 629 g/mol. The zero-order valence-electron chi connectivity index (χ0n) is 24.4. The lowest BCUT2D eigenvalue weighted by Crippen LogP contribution is -2.59. The van der Waals surface area contributed by atoms with Gasteiger partial charge < -0.3 is 28.5 Å². The third-order valence-corrected chi connectivity index (χ3v) is 6.51. The number of ether oxygens (including phenoxy) is 5. The van der Waals surface area contributed by atoms with E-state index in [2.05, 4.69) is 20.0 Å². The summed E-state index contributed by atoms with van der Waals surface area (Å²) in [6.45, 7) is 8.93. The molecule has 0 spiro atoms. The van der Waals surface area contributed by atoms with Crippen LogP contribution in [-0.2, 0) is 23.8 Å². The minimum absolute atomic E-state index is 0.319. The summed E-state index contributed by atoms with van der Waals surface area (Å²) >= 11 is 0. The van der Waals surface area contributed by atoms with Crippen LogP contribution in [0, 0.1) is 0 Å². The highest BCUT2D eigenvalue weighted by Crippen LogP contribution is 2.37. The lowest BCUT2D eigenvalue weighted by atomic mass is 9.99. The van der Waals surface area contributed by atoms with Crippen LogP contribution in [0.4, 0.5) is 22.0 Å². The molecular weight excluding hydrogens is 595 g/mol. The van der Waals surface area contributed by atoms with Gasteiger partial charge >= 0.3 is 12.3 Å². The number of rotatable bonds is 13. The van der Waals surface area contributed by atoms with Gasteiger partial charge in [-0.25, -0.2) is 9.67 Å². The predicted octanol–water partition coefficient (Wildman–Crippen LogP) is 5.78. The molecule has 5 atom stereocenters. The molecule has 1 aliphatic heterocycles. The van der Waals surface area contributed by atoms with Crippen molar-refractivity contribution in [1.82, 2.24) is 14.8 Å². The van der Waals surface area contributed by atoms with E-state index in [-0.39, 0.29) is 12.2 Å². The summed E-state index contributed by atoms with van der Waals surface area (Å²) < 4.78 is 92.3. The second kappa shape index (κ2) is 14.4. The van der Waals surface area contributed by atoms with Crippen LogP contribution in [0.25, 0.3) is 17.1 Å². The van der Waals surface area contributed by atoms with E-state index in [1.165, 1.54) is 29.4 Å². The van der Waals surface area contributed by atoms with E-state index in [4.69, 9.17) is 23.8 Å². The summed E-state index contributed by atoms with van der Waals surface area (Å²) in [5.74, 6) is -0.303. The fourth-order valence-corrected chi connectivity index (χ4v) is 4.49. The molecule has 0 bridgehead atoms. The number of nitrogens with zero attached hydrogens (tertiary/aromatic N) is 4. The van der Waals surface area contributed by atoms with Gasteiger partial charge in [-0.15, -0.1) is 5.10 Å². The molecule has 0 unspecified atom stereocenters. The van der Waals surface area contributed by atoms with Crippen LogP contribution in [-0.4, -0.2) is 83.8 Å². The molecule has 44 heavy (non-hydrogen) atoms. The van der Waals surface area contributed by atoms with Gasteiger partial charge in [-0.2, -0.15) is 22.0 Å². The number of alkyl halides is 5. The average Bonchev–Trinajstić information content (AvgIpc) is 3.47. The molecule has 10 nitrogen and oxygen atoms in total. The topological polar surface area (TPSA) is 98.5 Å². The summed E-state index contributed by atoms with van der Waals surface area (Å²) in [5.41, 5.74) is 1.75. The van der Waals surface area contributed by atoms with Crippen molar-refractivity contribution in [3.05, 3.63) is 60.4 Å². The zero-order chi connectivity index (χ0) is 31.9. The molecule has 1 fully saturated rings. The number of aromatic nitrogens is 3. The number of hydrogen-bond donors (Lipinski definition) is 0. The van der Waals surface area contributed by atoms with Gasteiger partial charge in [0.05, 0.1) is 18.0 Å². The van der Waals surface area contributed by atoms with Crippen molar-refractivity contribution < 1.29 is 50.5 Å². The molecule has 0 saturated carbocycles. The van der Waals surface area contributed by atoms with Crippen LogP contribution in [0.3, 0.4) is 0 Å². The maximum absolute atomic E-state index is 13.1. The molecule has 15 heteroatoms. The van der Waals surface area contributed by atoms with E-state index in [0.717, 1.165) is 12.1 Å². The molecule has 240 valence electrons. The zero-order valence-corrected chi connectivity index (χ0v) is 24.4. The largest absolute Gasteiger partial charge is 0.499 e. The summed E-state index contributed by atoms with van der Waals surface area (Å²) in [7, 11) is 0. The van der Waals surface area contributed by atoms with Crippen molar-refractivity contribution in [2.45, 2.75) is 70.7 Å². The van der Waals surface area contributed by atoms with Crippen LogP contribution in [0.2, 0.25) is 0 Å². The first-order valence-corrected chi connectivity index (χ1v) is 13.9. The third kappa shape index (κ3) is 7.88. The Hall–Kier alpha value is -3.66. The SMILES string of the molecule is CCO[C@@H]1[C@@H](OCC)[C@H](C)O[C@@H](O/N=C/c2ccc(-c3ncn(-c4ccc(OC(F)(F)C(F)(F)F)cc4)n3)cc2)[C@@H]1OCC. The monoisotopic (exact) mass is 628 g/mol. The Morgan fingerprint density at radius 2 is 1.48 bits per heavy atom. The standard InChI is InChI=1S/C29H33F5N4O6/c1-5-39-23-18(4)42-27(25(41-7-3)24(23)40-6-2)44-36-16-19-8-10-20(11-9-19)26-35-17-38(37-26)21-12-14-22(15-13-21)43-29(33,34)28(30,31)32/h8-18,23-25,27H,5-7H2,1-4H3/b36-16+/t18-,23-,24+,25+,27-/m0/s1. The highest BCUT2D eigenvalue weighted by molar-refractivity contribution is 5.80. The number of oxime groups is 1. The van der Waals surface area contributed by atoms with Crippen molar-refractivity contribution >= 4 is 6.21 Å². The first-order chi connectivity index (χ1) is 21.0. The fraction of sp³-hybridized carbons (Fsp3) is 0.483. The lowest BCUT2D eigenvalue weighted by molar-refractivity contribution is -0.360. The van der Waals surface area contributed by atoms with E-state index in [0.29, 0.717) is 42.5 Å². The predicted molar refractivity (Wildman–Crippen MR) is 148 cm³/mol. The van der Waals surface area contributed by atoms with Crippen LogP contribution < -0.4 is 4.74 Å². The lowest BCUT2D eigenvalue weighted by Gasteiger charge is -2.43. The van der Waals surface area contributed by atoms with Gasteiger partial charge in [0.25, 0.3) is 6.29 Å². The van der Waals surface area contributed by atoms with Gasteiger partial charge in [0.1, 0.15) is 24.3 Å². The molecule has 1 aromatic heterocycles. The second-order valence-corrected chi connectivity index (χ2v) is 9.55. The van der Waals surface area contributed by atoms with Gasteiger partial charge in [0.15, 0.2) is 11.9 Å².